The third-order valence-electron chi connectivity index (χ3n) is 2.12. The van der Waals surface area contributed by atoms with E-state index in [4.69, 9.17) is 0 Å². The molecule has 1 N–H and O–H groups in total. The summed E-state index contributed by atoms with van der Waals surface area (Å²) in [4.78, 5) is 0. The highest BCUT2D eigenvalue weighted by Gasteiger charge is 2.26. The smallest absolute Gasteiger partial charge is 0.350 e. The van der Waals surface area contributed by atoms with E-state index in [1.54, 1.807) is 16.8 Å². The Bertz CT molecular complexity index is 291. The minimum Gasteiger partial charge on any atom is -0.350 e. The van der Waals surface area contributed by atoms with Gasteiger partial charge in [0.2, 0.25) is 0 Å². The third kappa shape index (κ3) is 4.38. The molecule has 0 bridgehead atoms. The first-order valence-corrected chi connectivity index (χ1v) is 4.94. The Labute approximate surface area is 87.1 Å². The van der Waals surface area contributed by atoms with E-state index >= 15 is 0 Å². The second kappa shape index (κ2) is 5.21. The van der Waals surface area contributed by atoms with E-state index in [2.05, 4.69) is 5.32 Å². The monoisotopic (exact) mass is 220 g/mol. The van der Waals surface area contributed by atoms with Gasteiger partial charge in [-0.05, 0) is 18.7 Å². The number of aryl methyl sites for hydroxylation is 1. The van der Waals surface area contributed by atoms with Crippen molar-refractivity contribution in [3.8, 4) is 0 Å². The largest absolute Gasteiger partial charge is 0.390 e. The molecule has 1 heterocycles. The van der Waals surface area contributed by atoms with Gasteiger partial charge in [-0.15, -0.1) is 0 Å². The van der Waals surface area contributed by atoms with E-state index in [1.165, 1.54) is 0 Å². The van der Waals surface area contributed by atoms with Gasteiger partial charge in [0.25, 0.3) is 0 Å². The van der Waals surface area contributed by atoms with Crippen LogP contribution in [0.25, 0.3) is 0 Å². The summed E-state index contributed by atoms with van der Waals surface area (Å²) in [5.74, 6) is 0. The molecule has 0 aromatic carbocycles. The van der Waals surface area contributed by atoms with E-state index in [1.807, 2.05) is 13.0 Å². The van der Waals surface area contributed by atoms with Gasteiger partial charge >= 0.3 is 6.18 Å². The van der Waals surface area contributed by atoms with Crippen molar-refractivity contribution in [2.24, 2.45) is 0 Å². The molecular formula is C10H15F3N2. The van der Waals surface area contributed by atoms with E-state index in [-0.39, 0.29) is 6.54 Å². The van der Waals surface area contributed by atoms with Crippen molar-refractivity contribution in [3.05, 3.63) is 24.0 Å². The number of hydrogen-bond acceptors (Lipinski definition) is 1. The zero-order valence-corrected chi connectivity index (χ0v) is 8.64. The molecule has 0 spiro atoms. The van der Waals surface area contributed by atoms with E-state index in [9.17, 15) is 13.2 Å². The van der Waals surface area contributed by atoms with Gasteiger partial charge in [0.05, 0.1) is 6.42 Å². The Balaban J connectivity index is 2.50. The van der Waals surface area contributed by atoms with Crippen LogP contribution in [0.3, 0.4) is 0 Å². The molecule has 1 aromatic rings. The average Bonchev–Trinajstić information content (AvgIpc) is 2.57. The lowest BCUT2D eigenvalue weighted by Gasteiger charge is -2.11. The maximum Gasteiger partial charge on any atom is 0.390 e. The standard InChI is InChI=1S/C10H15F3N2/c1-2-14-8-9-4-3-6-15(9)7-5-10(11,12)13/h3-4,6,14H,2,5,7-8H2,1H3. The van der Waals surface area contributed by atoms with E-state index < -0.39 is 12.6 Å². The van der Waals surface area contributed by atoms with Gasteiger partial charge in [-0.2, -0.15) is 13.2 Å². The van der Waals surface area contributed by atoms with Crippen molar-refractivity contribution in [2.75, 3.05) is 6.54 Å². The third-order valence-corrected chi connectivity index (χ3v) is 2.12. The van der Waals surface area contributed by atoms with Crippen LogP contribution in [-0.2, 0) is 13.1 Å². The lowest BCUT2D eigenvalue weighted by molar-refractivity contribution is -0.136. The van der Waals surface area contributed by atoms with Crippen LogP contribution in [0.2, 0.25) is 0 Å². The first kappa shape index (κ1) is 12.1. The molecule has 0 unspecified atom stereocenters. The highest BCUT2D eigenvalue weighted by Crippen LogP contribution is 2.20. The molecule has 0 amide bonds. The predicted octanol–water partition coefficient (Wildman–Crippen LogP) is 2.55. The second-order valence-corrected chi connectivity index (χ2v) is 3.34. The fraction of sp³-hybridized carbons (Fsp3) is 0.600. The number of alkyl halides is 3. The van der Waals surface area contributed by atoms with Gasteiger partial charge in [-0.25, -0.2) is 0 Å². The number of aromatic nitrogens is 1. The molecular weight excluding hydrogens is 205 g/mol. The maximum absolute atomic E-state index is 12.0. The predicted molar refractivity (Wildman–Crippen MR) is 52.5 cm³/mol. The number of hydrogen-bond donors (Lipinski definition) is 1. The van der Waals surface area contributed by atoms with Crippen LogP contribution in [-0.4, -0.2) is 17.3 Å². The van der Waals surface area contributed by atoms with Gasteiger partial charge in [0, 0.05) is 25.0 Å². The zero-order valence-electron chi connectivity index (χ0n) is 8.64. The summed E-state index contributed by atoms with van der Waals surface area (Å²) in [6, 6.07) is 3.60. The van der Waals surface area contributed by atoms with Gasteiger partial charge < -0.3 is 9.88 Å². The van der Waals surface area contributed by atoms with Crippen LogP contribution >= 0.6 is 0 Å². The number of nitrogens with one attached hydrogen (secondary N) is 1. The first-order valence-electron chi connectivity index (χ1n) is 4.94. The SMILES string of the molecule is CCNCc1cccn1CCC(F)(F)F. The molecule has 0 saturated carbocycles. The Morgan fingerprint density at radius 3 is 2.73 bits per heavy atom. The molecule has 0 aliphatic heterocycles. The Kier molecular flexibility index (Phi) is 4.20. The quantitative estimate of drug-likeness (QED) is 0.807. The zero-order chi connectivity index (χ0) is 11.3. The molecule has 0 atom stereocenters. The van der Waals surface area contributed by atoms with Crippen LogP contribution in [0, 0.1) is 0 Å². The summed E-state index contributed by atoms with van der Waals surface area (Å²) in [6.07, 6.45) is -3.18. The Morgan fingerprint density at radius 1 is 1.40 bits per heavy atom. The lowest BCUT2D eigenvalue weighted by atomic mass is 10.3. The normalized spacial score (nSPS) is 12.0. The fourth-order valence-corrected chi connectivity index (χ4v) is 1.33. The van der Waals surface area contributed by atoms with Crippen molar-refractivity contribution in [3.63, 3.8) is 0 Å². The van der Waals surface area contributed by atoms with Crippen molar-refractivity contribution < 1.29 is 13.2 Å². The topological polar surface area (TPSA) is 17.0 Å². The molecule has 86 valence electrons. The van der Waals surface area contributed by atoms with E-state index in [0.29, 0.717) is 6.54 Å². The van der Waals surface area contributed by atoms with Gasteiger partial charge in [0.1, 0.15) is 0 Å². The summed E-state index contributed by atoms with van der Waals surface area (Å²) in [6.45, 7) is 3.38. The summed E-state index contributed by atoms with van der Waals surface area (Å²) in [5.41, 5.74) is 0.890. The maximum atomic E-state index is 12.0. The molecule has 0 aliphatic rings. The Morgan fingerprint density at radius 2 is 2.13 bits per heavy atom. The van der Waals surface area contributed by atoms with Crippen molar-refractivity contribution in [1.29, 1.82) is 0 Å². The molecule has 1 rings (SSSR count). The molecule has 0 fully saturated rings. The minimum absolute atomic E-state index is 0.00275. The molecule has 15 heavy (non-hydrogen) atoms. The number of nitrogens with zero attached hydrogens (tertiary/aromatic N) is 1. The highest BCUT2D eigenvalue weighted by molar-refractivity contribution is 5.06. The summed E-state index contributed by atoms with van der Waals surface area (Å²) in [7, 11) is 0. The Hall–Kier alpha value is -0.970. The van der Waals surface area contributed by atoms with Gasteiger partial charge in [-0.1, -0.05) is 6.92 Å². The molecule has 2 nitrogen and oxygen atoms in total. The first-order chi connectivity index (χ1) is 7.03. The molecule has 5 heteroatoms. The summed E-state index contributed by atoms with van der Waals surface area (Å²) >= 11 is 0. The minimum atomic E-state index is -4.08. The van der Waals surface area contributed by atoms with Crippen molar-refractivity contribution in [2.45, 2.75) is 32.6 Å². The van der Waals surface area contributed by atoms with Gasteiger partial charge in [0.15, 0.2) is 0 Å². The molecule has 1 aromatic heterocycles. The van der Waals surface area contributed by atoms with Crippen LogP contribution in [0.15, 0.2) is 18.3 Å². The molecule has 0 radical (unpaired) electrons. The fourth-order valence-electron chi connectivity index (χ4n) is 1.33. The summed E-state index contributed by atoms with van der Waals surface area (Å²) in [5, 5.41) is 3.09. The lowest BCUT2D eigenvalue weighted by Crippen LogP contribution is -2.17. The van der Waals surface area contributed by atoms with Crippen LogP contribution in [0.5, 0.6) is 0 Å². The second-order valence-electron chi connectivity index (χ2n) is 3.34. The van der Waals surface area contributed by atoms with Crippen LogP contribution in [0.1, 0.15) is 19.0 Å². The summed E-state index contributed by atoms with van der Waals surface area (Å²) < 4.78 is 37.6. The van der Waals surface area contributed by atoms with Crippen LogP contribution in [0.4, 0.5) is 13.2 Å². The molecule has 0 aliphatic carbocycles. The van der Waals surface area contributed by atoms with E-state index in [0.717, 1.165) is 12.2 Å². The highest BCUT2D eigenvalue weighted by atomic mass is 19.4. The molecule has 0 saturated heterocycles. The number of rotatable bonds is 5. The van der Waals surface area contributed by atoms with Crippen molar-refractivity contribution >= 4 is 0 Å². The average molecular weight is 220 g/mol. The van der Waals surface area contributed by atoms with Crippen LogP contribution < -0.4 is 5.32 Å². The van der Waals surface area contributed by atoms with Gasteiger partial charge in [-0.3, -0.25) is 0 Å². The number of halogens is 3. The van der Waals surface area contributed by atoms with Crippen molar-refractivity contribution in [1.82, 2.24) is 9.88 Å².